The summed E-state index contributed by atoms with van der Waals surface area (Å²) in [6.07, 6.45) is 2.23. The van der Waals surface area contributed by atoms with Crippen LogP contribution >= 0.6 is 0 Å². The molecule has 1 aromatic heterocycles. The molecule has 4 rings (SSSR count). The lowest BCUT2D eigenvalue weighted by Crippen LogP contribution is -2.12. The molecule has 3 N–H and O–H groups in total. The summed E-state index contributed by atoms with van der Waals surface area (Å²) in [5.41, 5.74) is 10.8. The summed E-state index contributed by atoms with van der Waals surface area (Å²) in [7, 11) is 0. The zero-order chi connectivity index (χ0) is 14.9. The molecular weight excluding hydrogens is 270 g/mol. The molecule has 1 atom stereocenters. The van der Waals surface area contributed by atoms with Crippen LogP contribution in [0.5, 0.6) is 0 Å². The van der Waals surface area contributed by atoms with E-state index in [1.807, 2.05) is 18.2 Å². The van der Waals surface area contributed by atoms with Gasteiger partial charge in [0.15, 0.2) is 0 Å². The van der Waals surface area contributed by atoms with Crippen molar-refractivity contribution in [3.63, 3.8) is 0 Å². The van der Waals surface area contributed by atoms with Crippen LogP contribution in [0, 0.1) is 0 Å². The lowest BCUT2D eigenvalue weighted by atomic mass is 10.1. The van der Waals surface area contributed by atoms with Crippen molar-refractivity contribution in [2.45, 2.75) is 25.4 Å². The number of nitrogens with one attached hydrogen (secondary N) is 1. The predicted molar refractivity (Wildman–Crippen MR) is 90.8 cm³/mol. The van der Waals surface area contributed by atoms with Crippen molar-refractivity contribution < 1.29 is 0 Å². The SMILES string of the molecule is NCc1cc2ccccc2nc1N[C@@H]1CCc2ccccc21. The molecular formula is C19H19N3. The molecule has 0 saturated carbocycles. The van der Waals surface area contributed by atoms with Crippen molar-refractivity contribution in [1.29, 1.82) is 0 Å². The van der Waals surface area contributed by atoms with Gasteiger partial charge < -0.3 is 11.1 Å². The molecule has 0 aliphatic heterocycles. The number of nitrogens with zero attached hydrogens (tertiary/aromatic N) is 1. The molecule has 0 bridgehead atoms. The third-order valence-electron chi connectivity index (χ3n) is 4.47. The van der Waals surface area contributed by atoms with Gasteiger partial charge in [0.1, 0.15) is 5.82 Å². The molecule has 0 fully saturated rings. The highest BCUT2D eigenvalue weighted by atomic mass is 15.0. The van der Waals surface area contributed by atoms with Crippen molar-refractivity contribution in [3.05, 3.63) is 71.3 Å². The Kier molecular flexibility index (Phi) is 3.28. The first-order valence-corrected chi connectivity index (χ1v) is 7.78. The van der Waals surface area contributed by atoms with E-state index in [1.165, 1.54) is 11.1 Å². The molecule has 3 nitrogen and oxygen atoms in total. The van der Waals surface area contributed by atoms with E-state index >= 15 is 0 Å². The maximum atomic E-state index is 5.93. The summed E-state index contributed by atoms with van der Waals surface area (Å²) in [6, 6.07) is 19.3. The van der Waals surface area contributed by atoms with Gasteiger partial charge >= 0.3 is 0 Å². The maximum Gasteiger partial charge on any atom is 0.131 e. The number of hydrogen-bond donors (Lipinski definition) is 2. The number of pyridine rings is 1. The van der Waals surface area contributed by atoms with Gasteiger partial charge in [-0.3, -0.25) is 0 Å². The van der Waals surface area contributed by atoms with Crippen molar-refractivity contribution in [3.8, 4) is 0 Å². The number of rotatable bonds is 3. The molecule has 22 heavy (non-hydrogen) atoms. The van der Waals surface area contributed by atoms with Gasteiger partial charge in [0, 0.05) is 17.5 Å². The zero-order valence-electron chi connectivity index (χ0n) is 12.4. The van der Waals surface area contributed by atoms with Crippen LogP contribution in [0.1, 0.15) is 29.2 Å². The first-order valence-electron chi connectivity index (χ1n) is 7.78. The highest BCUT2D eigenvalue weighted by Gasteiger charge is 2.22. The van der Waals surface area contributed by atoms with E-state index in [2.05, 4.69) is 41.7 Å². The van der Waals surface area contributed by atoms with Crippen LogP contribution in [0.2, 0.25) is 0 Å². The molecule has 0 amide bonds. The molecule has 1 heterocycles. The van der Waals surface area contributed by atoms with Crippen molar-refractivity contribution in [1.82, 2.24) is 4.98 Å². The average Bonchev–Trinajstić information content (AvgIpc) is 2.97. The highest BCUT2D eigenvalue weighted by Crippen LogP contribution is 2.34. The molecule has 2 aromatic carbocycles. The van der Waals surface area contributed by atoms with Crippen molar-refractivity contribution >= 4 is 16.7 Å². The van der Waals surface area contributed by atoms with Gasteiger partial charge in [-0.15, -0.1) is 0 Å². The van der Waals surface area contributed by atoms with E-state index in [4.69, 9.17) is 10.7 Å². The van der Waals surface area contributed by atoms with Crippen LogP contribution in [0.25, 0.3) is 10.9 Å². The minimum absolute atomic E-state index is 0.329. The van der Waals surface area contributed by atoms with Crippen molar-refractivity contribution in [2.75, 3.05) is 5.32 Å². The number of aryl methyl sites for hydroxylation is 1. The van der Waals surface area contributed by atoms with E-state index in [1.54, 1.807) is 0 Å². The minimum Gasteiger partial charge on any atom is -0.363 e. The average molecular weight is 289 g/mol. The number of aromatic nitrogens is 1. The number of para-hydroxylation sites is 1. The smallest absolute Gasteiger partial charge is 0.131 e. The summed E-state index contributed by atoms with van der Waals surface area (Å²) >= 11 is 0. The molecule has 0 spiro atoms. The maximum absolute atomic E-state index is 5.93. The van der Waals surface area contributed by atoms with Crippen LogP contribution in [0.15, 0.2) is 54.6 Å². The summed E-state index contributed by atoms with van der Waals surface area (Å²) in [4.78, 5) is 4.79. The number of anilines is 1. The number of nitrogens with two attached hydrogens (primary N) is 1. The Hall–Kier alpha value is -2.39. The Morgan fingerprint density at radius 1 is 1.09 bits per heavy atom. The van der Waals surface area contributed by atoms with Crippen LogP contribution in [0.4, 0.5) is 5.82 Å². The first-order chi connectivity index (χ1) is 10.8. The topological polar surface area (TPSA) is 50.9 Å². The predicted octanol–water partition coefficient (Wildman–Crippen LogP) is 3.79. The monoisotopic (exact) mass is 289 g/mol. The highest BCUT2D eigenvalue weighted by molar-refractivity contribution is 5.81. The lowest BCUT2D eigenvalue weighted by Gasteiger charge is -2.18. The standard InChI is InChI=1S/C19H19N3/c20-12-15-11-14-6-2-4-8-17(14)21-19(15)22-18-10-9-13-5-1-3-7-16(13)18/h1-8,11,18H,9-10,12,20H2,(H,21,22)/t18-/m1/s1. The largest absolute Gasteiger partial charge is 0.363 e. The van der Waals surface area contributed by atoms with E-state index in [9.17, 15) is 0 Å². The van der Waals surface area contributed by atoms with Crippen molar-refractivity contribution in [2.24, 2.45) is 5.73 Å². The normalized spacial score (nSPS) is 16.7. The zero-order valence-corrected chi connectivity index (χ0v) is 12.4. The molecule has 110 valence electrons. The Balaban J connectivity index is 1.72. The Morgan fingerprint density at radius 2 is 1.91 bits per heavy atom. The van der Waals surface area contributed by atoms with E-state index in [0.717, 1.165) is 35.1 Å². The van der Waals surface area contributed by atoms with Gasteiger partial charge in [0.25, 0.3) is 0 Å². The fraction of sp³-hybridized carbons (Fsp3) is 0.211. The second kappa shape index (κ2) is 5.43. The Morgan fingerprint density at radius 3 is 2.82 bits per heavy atom. The summed E-state index contributed by atoms with van der Waals surface area (Å²) in [6.45, 7) is 0.495. The number of benzene rings is 2. The van der Waals surface area contributed by atoms with E-state index in [-0.39, 0.29) is 0 Å². The number of fused-ring (bicyclic) bond motifs is 2. The quantitative estimate of drug-likeness (QED) is 0.771. The van der Waals surface area contributed by atoms with E-state index in [0.29, 0.717) is 12.6 Å². The summed E-state index contributed by atoms with van der Waals surface area (Å²) in [5.74, 6) is 0.919. The lowest BCUT2D eigenvalue weighted by molar-refractivity contribution is 0.755. The summed E-state index contributed by atoms with van der Waals surface area (Å²) in [5, 5.41) is 4.76. The molecule has 3 heteroatoms. The van der Waals surface area contributed by atoms with Crippen LogP contribution in [-0.4, -0.2) is 4.98 Å². The van der Waals surface area contributed by atoms with E-state index < -0.39 is 0 Å². The molecule has 3 aromatic rings. The van der Waals surface area contributed by atoms with Gasteiger partial charge in [0.2, 0.25) is 0 Å². The van der Waals surface area contributed by atoms with Gasteiger partial charge in [-0.2, -0.15) is 0 Å². The number of hydrogen-bond acceptors (Lipinski definition) is 3. The minimum atomic E-state index is 0.329. The fourth-order valence-electron chi connectivity index (χ4n) is 3.31. The fourth-order valence-corrected chi connectivity index (χ4v) is 3.31. The van der Waals surface area contributed by atoms with Crippen LogP contribution < -0.4 is 11.1 Å². The molecule has 0 unspecified atom stereocenters. The third-order valence-corrected chi connectivity index (χ3v) is 4.47. The summed E-state index contributed by atoms with van der Waals surface area (Å²) < 4.78 is 0. The Bertz CT molecular complexity index is 826. The third kappa shape index (κ3) is 2.24. The second-order valence-corrected chi connectivity index (χ2v) is 5.83. The molecule has 1 aliphatic carbocycles. The molecule has 0 radical (unpaired) electrons. The van der Waals surface area contributed by atoms with Crippen LogP contribution in [0.3, 0.4) is 0 Å². The molecule has 1 aliphatic rings. The van der Waals surface area contributed by atoms with Crippen LogP contribution in [-0.2, 0) is 13.0 Å². The second-order valence-electron chi connectivity index (χ2n) is 5.83. The van der Waals surface area contributed by atoms with Gasteiger partial charge in [-0.05, 0) is 36.1 Å². The molecule has 0 saturated heterocycles. The van der Waals surface area contributed by atoms with Gasteiger partial charge in [0.05, 0.1) is 11.6 Å². The van der Waals surface area contributed by atoms with Gasteiger partial charge in [-0.25, -0.2) is 4.98 Å². The van der Waals surface area contributed by atoms with Gasteiger partial charge in [-0.1, -0.05) is 42.5 Å². The Labute approximate surface area is 130 Å². The first kappa shape index (κ1) is 13.3.